The van der Waals surface area contributed by atoms with Gasteiger partial charge in [0.1, 0.15) is 11.5 Å². The van der Waals surface area contributed by atoms with E-state index in [-0.39, 0.29) is 17.0 Å². The molecule has 1 aliphatic heterocycles. The van der Waals surface area contributed by atoms with Crippen LogP contribution in [-0.2, 0) is 5.41 Å². The van der Waals surface area contributed by atoms with E-state index in [1.165, 1.54) is 0 Å². The first-order valence-electron chi connectivity index (χ1n) is 11.4. The molecule has 3 rings (SSSR count). The number of fused-ring (bicyclic) bond motifs is 2. The zero-order valence-electron chi connectivity index (χ0n) is 18.8. The Morgan fingerprint density at radius 2 is 1.17 bits per heavy atom. The lowest BCUT2D eigenvalue weighted by Crippen LogP contribution is -2.25. The van der Waals surface area contributed by atoms with Gasteiger partial charge in [-0.1, -0.05) is 53.4 Å². The summed E-state index contributed by atoms with van der Waals surface area (Å²) in [7, 11) is 0. The van der Waals surface area contributed by atoms with E-state index in [9.17, 15) is 9.59 Å². The first kappa shape index (κ1) is 22.3. The van der Waals surface area contributed by atoms with E-state index in [1.807, 2.05) is 36.4 Å². The van der Waals surface area contributed by atoms with Crippen molar-refractivity contribution >= 4 is 11.6 Å². The molecule has 3 heteroatoms. The highest BCUT2D eigenvalue weighted by atomic mass is 16.5. The lowest BCUT2D eigenvalue weighted by molar-refractivity contribution is 0.0971. The molecule has 1 heterocycles. The number of benzene rings is 2. The Morgan fingerprint density at radius 1 is 0.733 bits per heavy atom. The second-order valence-electron chi connectivity index (χ2n) is 8.91. The molecule has 0 fully saturated rings. The second kappa shape index (κ2) is 9.59. The molecule has 0 bridgehead atoms. The van der Waals surface area contributed by atoms with E-state index in [1.54, 1.807) is 0 Å². The first-order chi connectivity index (χ1) is 14.4. The molecule has 1 aliphatic rings. The van der Waals surface area contributed by atoms with E-state index >= 15 is 0 Å². The number of ketones is 2. The van der Waals surface area contributed by atoms with E-state index < -0.39 is 0 Å². The summed E-state index contributed by atoms with van der Waals surface area (Å²) in [6, 6.07) is 11.6. The Labute approximate surface area is 180 Å². The number of unbranched alkanes of at least 4 members (excludes halogenated alkanes) is 4. The molecule has 0 N–H and O–H groups in total. The summed E-state index contributed by atoms with van der Waals surface area (Å²) in [6.07, 6.45) is 7.39. The van der Waals surface area contributed by atoms with Gasteiger partial charge in [0.15, 0.2) is 11.6 Å². The van der Waals surface area contributed by atoms with Crippen molar-refractivity contribution in [2.24, 2.45) is 0 Å². The van der Waals surface area contributed by atoms with Crippen LogP contribution < -0.4 is 4.74 Å². The minimum Gasteiger partial charge on any atom is -0.457 e. The monoisotopic (exact) mass is 406 g/mol. The number of hydrogen-bond acceptors (Lipinski definition) is 3. The van der Waals surface area contributed by atoms with Crippen LogP contribution in [0.1, 0.15) is 111 Å². The molecular weight excluding hydrogens is 372 g/mol. The molecule has 0 atom stereocenters. The van der Waals surface area contributed by atoms with Gasteiger partial charge in [-0.2, -0.15) is 0 Å². The number of carbonyl (C=O) groups is 2. The molecule has 0 spiro atoms. The van der Waals surface area contributed by atoms with Gasteiger partial charge in [-0.05, 0) is 49.2 Å². The van der Waals surface area contributed by atoms with Crippen molar-refractivity contribution in [2.75, 3.05) is 0 Å². The van der Waals surface area contributed by atoms with Gasteiger partial charge in [0.2, 0.25) is 0 Å². The van der Waals surface area contributed by atoms with E-state index in [2.05, 4.69) is 27.7 Å². The Balaban J connectivity index is 1.88. The van der Waals surface area contributed by atoms with Crippen LogP contribution in [0.2, 0.25) is 0 Å². The van der Waals surface area contributed by atoms with Crippen LogP contribution in [0.4, 0.5) is 0 Å². The van der Waals surface area contributed by atoms with Crippen LogP contribution in [0.25, 0.3) is 0 Å². The minimum absolute atomic E-state index is 0.188. The quantitative estimate of drug-likeness (QED) is 0.301. The first-order valence-corrected chi connectivity index (χ1v) is 11.4. The summed E-state index contributed by atoms with van der Waals surface area (Å²) >= 11 is 0. The predicted octanol–water partition coefficient (Wildman–Crippen LogP) is 7.64. The summed E-state index contributed by atoms with van der Waals surface area (Å²) in [6.45, 7) is 8.57. The molecular formula is C27H34O3. The van der Waals surface area contributed by atoms with Crippen molar-refractivity contribution in [3.05, 3.63) is 58.7 Å². The molecule has 3 nitrogen and oxygen atoms in total. The SMILES string of the molecule is CCCCCC(=O)c1ccc2c(c1)C(C)(C)c1cc(C(=O)CCCCC)ccc1O2. The molecule has 0 radical (unpaired) electrons. The van der Waals surface area contributed by atoms with Gasteiger partial charge in [0.25, 0.3) is 0 Å². The topological polar surface area (TPSA) is 43.4 Å². The Hall–Kier alpha value is -2.42. The number of hydrogen-bond donors (Lipinski definition) is 0. The molecule has 2 aromatic carbocycles. The van der Waals surface area contributed by atoms with Crippen LogP contribution in [0.5, 0.6) is 11.5 Å². The minimum atomic E-state index is -0.345. The van der Waals surface area contributed by atoms with Crippen LogP contribution in [0.15, 0.2) is 36.4 Å². The van der Waals surface area contributed by atoms with Crippen LogP contribution in [0.3, 0.4) is 0 Å². The maximum atomic E-state index is 12.6. The van der Waals surface area contributed by atoms with Crippen molar-refractivity contribution in [2.45, 2.75) is 84.5 Å². The highest BCUT2D eigenvalue weighted by Crippen LogP contribution is 2.48. The predicted molar refractivity (Wildman–Crippen MR) is 122 cm³/mol. The van der Waals surface area contributed by atoms with Gasteiger partial charge in [-0.25, -0.2) is 0 Å². The summed E-state index contributed by atoms with van der Waals surface area (Å²) in [5, 5.41) is 0. The third-order valence-corrected chi connectivity index (χ3v) is 6.18. The average Bonchev–Trinajstić information content (AvgIpc) is 2.73. The van der Waals surface area contributed by atoms with Gasteiger partial charge in [-0.3, -0.25) is 9.59 Å². The molecule has 0 aliphatic carbocycles. The third kappa shape index (κ3) is 4.66. The van der Waals surface area contributed by atoms with Crippen molar-refractivity contribution in [1.29, 1.82) is 0 Å². The molecule has 0 amide bonds. The van der Waals surface area contributed by atoms with Crippen LogP contribution >= 0.6 is 0 Å². The smallest absolute Gasteiger partial charge is 0.162 e. The van der Waals surface area contributed by atoms with E-state index in [4.69, 9.17) is 4.74 Å². The summed E-state index contributed by atoms with van der Waals surface area (Å²) in [5.74, 6) is 1.96. The summed E-state index contributed by atoms with van der Waals surface area (Å²) in [5.41, 5.74) is 3.16. The lowest BCUT2D eigenvalue weighted by atomic mass is 9.74. The number of ether oxygens (including phenoxy) is 1. The van der Waals surface area contributed by atoms with Crippen molar-refractivity contribution in [1.82, 2.24) is 0 Å². The molecule has 0 unspecified atom stereocenters. The number of carbonyl (C=O) groups excluding carboxylic acids is 2. The zero-order chi connectivity index (χ0) is 21.7. The maximum absolute atomic E-state index is 12.6. The van der Waals surface area contributed by atoms with Crippen molar-refractivity contribution in [3.8, 4) is 11.5 Å². The van der Waals surface area contributed by atoms with Crippen LogP contribution in [-0.4, -0.2) is 11.6 Å². The van der Waals surface area contributed by atoms with Gasteiger partial charge in [-0.15, -0.1) is 0 Å². The lowest BCUT2D eigenvalue weighted by Gasteiger charge is -2.35. The standard InChI is InChI=1S/C27H34O3/c1-5-7-9-11-23(28)19-13-15-25-21(17-19)27(3,4)22-18-20(14-16-26(22)30-25)24(29)12-10-8-6-2/h13-18H,5-12H2,1-4H3. The fourth-order valence-electron chi connectivity index (χ4n) is 4.19. The number of Topliss-reactive ketones (excluding diaryl/α,β-unsaturated/α-hetero) is 2. The fraction of sp³-hybridized carbons (Fsp3) is 0.481. The zero-order valence-corrected chi connectivity index (χ0v) is 18.8. The Kier molecular flexibility index (Phi) is 7.12. The van der Waals surface area contributed by atoms with Gasteiger partial charge in [0.05, 0.1) is 0 Å². The van der Waals surface area contributed by atoms with E-state index in [0.29, 0.717) is 12.8 Å². The molecule has 0 saturated heterocycles. The highest BCUT2D eigenvalue weighted by molar-refractivity contribution is 5.97. The largest absolute Gasteiger partial charge is 0.457 e. The van der Waals surface area contributed by atoms with E-state index in [0.717, 1.165) is 72.3 Å². The molecule has 0 saturated carbocycles. The summed E-state index contributed by atoms with van der Waals surface area (Å²) in [4.78, 5) is 25.3. The van der Waals surface area contributed by atoms with Crippen molar-refractivity contribution < 1.29 is 14.3 Å². The summed E-state index contributed by atoms with van der Waals surface area (Å²) < 4.78 is 6.16. The molecule has 30 heavy (non-hydrogen) atoms. The van der Waals surface area contributed by atoms with Gasteiger partial charge < -0.3 is 4.74 Å². The highest BCUT2D eigenvalue weighted by Gasteiger charge is 2.35. The maximum Gasteiger partial charge on any atom is 0.162 e. The third-order valence-electron chi connectivity index (χ3n) is 6.18. The van der Waals surface area contributed by atoms with Crippen molar-refractivity contribution in [3.63, 3.8) is 0 Å². The van der Waals surface area contributed by atoms with Gasteiger partial charge >= 0.3 is 0 Å². The second-order valence-corrected chi connectivity index (χ2v) is 8.91. The molecule has 2 aromatic rings. The average molecular weight is 407 g/mol. The fourth-order valence-corrected chi connectivity index (χ4v) is 4.19. The Morgan fingerprint density at radius 3 is 1.57 bits per heavy atom. The van der Waals surface area contributed by atoms with Crippen LogP contribution in [0, 0.1) is 0 Å². The number of rotatable bonds is 10. The normalized spacial score (nSPS) is 13.9. The van der Waals surface area contributed by atoms with Gasteiger partial charge in [0, 0.05) is 40.5 Å². The Bertz CT molecular complexity index is 850. The molecule has 0 aromatic heterocycles. The molecule has 160 valence electrons.